The molecule has 0 bridgehead atoms. The second-order valence-electron chi connectivity index (χ2n) is 2.39. The van der Waals surface area contributed by atoms with E-state index >= 15 is 0 Å². The first kappa shape index (κ1) is 9.90. The van der Waals surface area contributed by atoms with E-state index < -0.39 is 0 Å². The Labute approximate surface area is 83.0 Å². The van der Waals surface area contributed by atoms with Crippen LogP contribution in [-0.4, -0.2) is 10.4 Å². The SMILES string of the molecule is CCN(Cl)SCc1ccccc1. The van der Waals surface area contributed by atoms with Crippen LogP contribution >= 0.6 is 23.7 Å². The van der Waals surface area contributed by atoms with Gasteiger partial charge in [-0.2, -0.15) is 3.82 Å². The number of hydrogen-bond donors (Lipinski definition) is 0. The summed E-state index contributed by atoms with van der Waals surface area (Å²) < 4.78 is 1.72. The standard InChI is InChI=1S/C9H12ClNS/c1-2-11(10)12-8-9-6-4-3-5-7-9/h3-7H,2,8H2,1H3. The van der Waals surface area contributed by atoms with Crippen LogP contribution in [0.1, 0.15) is 12.5 Å². The Balaban J connectivity index is 2.33. The molecule has 0 saturated carbocycles. The highest BCUT2D eigenvalue weighted by Crippen LogP contribution is 2.17. The van der Waals surface area contributed by atoms with E-state index in [2.05, 4.69) is 12.1 Å². The summed E-state index contributed by atoms with van der Waals surface area (Å²) in [7, 11) is 0. The maximum Gasteiger partial charge on any atom is 0.0344 e. The second-order valence-corrected chi connectivity index (χ2v) is 3.99. The molecule has 3 heteroatoms. The molecule has 0 radical (unpaired) electrons. The average Bonchev–Trinajstić information content (AvgIpc) is 2.16. The zero-order chi connectivity index (χ0) is 8.81. The summed E-state index contributed by atoms with van der Waals surface area (Å²) in [6.07, 6.45) is 0. The lowest BCUT2D eigenvalue weighted by Gasteiger charge is -2.08. The minimum Gasteiger partial charge on any atom is -0.163 e. The van der Waals surface area contributed by atoms with E-state index in [1.807, 2.05) is 25.1 Å². The Morgan fingerprint density at radius 3 is 2.58 bits per heavy atom. The highest BCUT2D eigenvalue weighted by atomic mass is 35.5. The molecule has 0 fully saturated rings. The highest BCUT2D eigenvalue weighted by molar-refractivity contribution is 7.97. The van der Waals surface area contributed by atoms with Gasteiger partial charge in [0, 0.05) is 12.3 Å². The van der Waals surface area contributed by atoms with Crippen molar-refractivity contribution in [1.29, 1.82) is 0 Å². The van der Waals surface area contributed by atoms with Crippen molar-refractivity contribution in [3.8, 4) is 0 Å². The van der Waals surface area contributed by atoms with Crippen LogP contribution in [0.4, 0.5) is 0 Å². The minimum absolute atomic E-state index is 0.860. The molecule has 0 aliphatic carbocycles. The third kappa shape index (κ3) is 3.48. The molecule has 66 valence electrons. The summed E-state index contributed by atoms with van der Waals surface area (Å²) in [4.78, 5) is 0. The van der Waals surface area contributed by atoms with E-state index in [1.165, 1.54) is 5.56 Å². The molecule has 0 N–H and O–H groups in total. The van der Waals surface area contributed by atoms with Gasteiger partial charge in [-0.05, 0) is 17.3 Å². The Hall–Kier alpha value is -0.180. The Morgan fingerprint density at radius 1 is 1.33 bits per heavy atom. The molecule has 0 aliphatic rings. The number of halogens is 1. The molecule has 1 aromatic rings. The van der Waals surface area contributed by atoms with Gasteiger partial charge >= 0.3 is 0 Å². The molecule has 0 spiro atoms. The molecule has 0 atom stereocenters. The van der Waals surface area contributed by atoms with Crippen molar-refractivity contribution in [1.82, 2.24) is 3.82 Å². The zero-order valence-electron chi connectivity index (χ0n) is 7.03. The van der Waals surface area contributed by atoms with E-state index in [-0.39, 0.29) is 0 Å². The maximum atomic E-state index is 5.81. The Kier molecular flexibility index (Phi) is 4.51. The Morgan fingerprint density at radius 2 is 2.00 bits per heavy atom. The van der Waals surface area contributed by atoms with Gasteiger partial charge in [0.25, 0.3) is 0 Å². The van der Waals surface area contributed by atoms with E-state index in [1.54, 1.807) is 15.8 Å². The number of rotatable bonds is 4. The van der Waals surface area contributed by atoms with Gasteiger partial charge in [-0.1, -0.05) is 49.2 Å². The van der Waals surface area contributed by atoms with Crippen LogP contribution in [0.3, 0.4) is 0 Å². The highest BCUT2D eigenvalue weighted by Gasteiger charge is 1.97. The maximum absolute atomic E-state index is 5.81. The van der Waals surface area contributed by atoms with E-state index in [0.717, 1.165) is 12.3 Å². The van der Waals surface area contributed by atoms with Crippen molar-refractivity contribution in [2.75, 3.05) is 6.54 Å². The van der Waals surface area contributed by atoms with Crippen molar-refractivity contribution in [2.45, 2.75) is 12.7 Å². The van der Waals surface area contributed by atoms with Gasteiger partial charge in [-0.3, -0.25) is 0 Å². The zero-order valence-corrected chi connectivity index (χ0v) is 8.61. The van der Waals surface area contributed by atoms with Crippen molar-refractivity contribution >= 4 is 23.7 Å². The van der Waals surface area contributed by atoms with Crippen LogP contribution in [0.15, 0.2) is 30.3 Å². The van der Waals surface area contributed by atoms with Gasteiger partial charge in [-0.25, -0.2) is 0 Å². The Bertz CT molecular complexity index is 215. The number of benzene rings is 1. The first-order valence-electron chi connectivity index (χ1n) is 3.93. The minimum atomic E-state index is 0.860. The van der Waals surface area contributed by atoms with Crippen LogP contribution in [0, 0.1) is 0 Å². The van der Waals surface area contributed by atoms with Crippen molar-refractivity contribution in [3.63, 3.8) is 0 Å². The summed E-state index contributed by atoms with van der Waals surface area (Å²) in [5.74, 6) is 0.943. The molecule has 0 saturated heterocycles. The van der Waals surface area contributed by atoms with Gasteiger partial charge in [0.1, 0.15) is 0 Å². The van der Waals surface area contributed by atoms with Crippen LogP contribution in [-0.2, 0) is 5.75 Å². The van der Waals surface area contributed by atoms with Crippen LogP contribution in [0.25, 0.3) is 0 Å². The van der Waals surface area contributed by atoms with Gasteiger partial charge in [-0.15, -0.1) is 0 Å². The molecule has 0 amide bonds. The predicted molar refractivity (Wildman–Crippen MR) is 56.0 cm³/mol. The molecular formula is C9H12ClNS. The molecule has 0 aromatic heterocycles. The van der Waals surface area contributed by atoms with E-state index in [4.69, 9.17) is 11.8 Å². The van der Waals surface area contributed by atoms with E-state index in [9.17, 15) is 0 Å². The lowest BCUT2D eigenvalue weighted by molar-refractivity contribution is 0.768. The summed E-state index contributed by atoms with van der Waals surface area (Å²) >= 11 is 7.44. The smallest absolute Gasteiger partial charge is 0.0344 e. The van der Waals surface area contributed by atoms with Gasteiger partial charge in [0.2, 0.25) is 0 Å². The number of hydrogen-bond acceptors (Lipinski definition) is 2. The largest absolute Gasteiger partial charge is 0.163 e. The second kappa shape index (κ2) is 5.46. The third-order valence-corrected chi connectivity index (χ3v) is 3.00. The lowest BCUT2D eigenvalue weighted by Crippen LogP contribution is -2.00. The molecule has 1 aromatic carbocycles. The molecule has 0 unspecified atom stereocenters. The van der Waals surface area contributed by atoms with Gasteiger partial charge < -0.3 is 0 Å². The summed E-state index contributed by atoms with van der Waals surface area (Å²) in [5, 5.41) is 0. The van der Waals surface area contributed by atoms with Gasteiger partial charge in [0.05, 0.1) is 0 Å². The van der Waals surface area contributed by atoms with E-state index in [0.29, 0.717) is 0 Å². The van der Waals surface area contributed by atoms with Crippen molar-refractivity contribution < 1.29 is 0 Å². The fourth-order valence-electron chi connectivity index (χ4n) is 0.810. The third-order valence-electron chi connectivity index (χ3n) is 1.46. The first-order valence-corrected chi connectivity index (χ1v) is 5.21. The van der Waals surface area contributed by atoms with Crippen LogP contribution in [0.2, 0.25) is 0 Å². The quantitative estimate of drug-likeness (QED) is 0.543. The fourth-order valence-corrected chi connectivity index (χ4v) is 1.62. The molecule has 1 nitrogen and oxygen atoms in total. The van der Waals surface area contributed by atoms with Crippen LogP contribution in [0.5, 0.6) is 0 Å². The lowest BCUT2D eigenvalue weighted by atomic mass is 10.2. The topological polar surface area (TPSA) is 3.24 Å². The normalized spacial score (nSPS) is 10.6. The van der Waals surface area contributed by atoms with Crippen molar-refractivity contribution in [3.05, 3.63) is 35.9 Å². The summed E-state index contributed by atoms with van der Waals surface area (Å²) in [6.45, 7) is 2.89. The monoisotopic (exact) mass is 201 g/mol. The molecular weight excluding hydrogens is 190 g/mol. The molecule has 12 heavy (non-hydrogen) atoms. The van der Waals surface area contributed by atoms with Crippen LogP contribution < -0.4 is 0 Å². The summed E-state index contributed by atoms with van der Waals surface area (Å²) in [5.41, 5.74) is 1.31. The number of nitrogens with zero attached hydrogens (tertiary/aromatic N) is 1. The molecule has 0 aliphatic heterocycles. The first-order chi connectivity index (χ1) is 5.83. The van der Waals surface area contributed by atoms with Gasteiger partial charge in [0.15, 0.2) is 0 Å². The average molecular weight is 202 g/mol. The summed E-state index contributed by atoms with van der Waals surface area (Å²) in [6, 6.07) is 10.3. The predicted octanol–water partition coefficient (Wildman–Crippen LogP) is 3.31. The molecule has 0 heterocycles. The van der Waals surface area contributed by atoms with Crippen molar-refractivity contribution in [2.24, 2.45) is 0 Å². The fraction of sp³-hybridized carbons (Fsp3) is 0.333. The molecule has 1 rings (SSSR count).